The molecule has 69 heavy (non-hydrogen) atoms. The molecule has 1 aliphatic heterocycles. The van der Waals surface area contributed by atoms with Crippen molar-refractivity contribution in [3.8, 4) is 11.5 Å². The van der Waals surface area contributed by atoms with Crippen LogP contribution in [0.4, 0.5) is 4.79 Å². The highest BCUT2D eigenvalue weighted by Crippen LogP contribution is 2.62. The quantitative estimate of drug-likeness (QED) is 0.0255. The van der Waals surface area contributed by atoms with Crippen molar-refractivity contribution in [1.29, 1.82) is 0 Å². The molecule has 0 bridgehead atoms. The number of nitrogens with zero attached hydrogens (tertiary/aromatic N) is 2. The van der Waals surface area contributed by atoms with Crippen LogP contribution in [0.2, 0.25) is 0 Å². The number of ether oxygens (including phenoxy) is 4. The minimum atomic E-state index is -1.46. The number of hydrogen-bond donors (Lipinski definition) is 2. The molecule has 11 heteroatoms. The number of aliphatic hydroxyl groups excluding tert-OH is 2. The molecule has 1 heterocycles. The predicted molar refractivity (Wildman–Crippen MR) is 275 cm³/mol. The average Bonchev–Trinajstić information content (AvgIpc) is 3.38. The van der Waals surface area contributed by atoms with Crippen LogP contribution in [-0.2, 0) is 27.5 Å². The van der Waals surface area contributed by atoms with Gasteiger partial charge in [0.2, 0.25) is 5.79 Å². The number of allylic oxidation sites excluding steroid dienone is 1. The van der Waals surface area contributed by atoms with Gasteiger partial charge in [0.05, 0.1) is 38.0 Å². The second kappa shape index (κ2) is 24.6. The summed E-state index contributed by atoms with van der Waals surface area (Å²) in [5.74, 6) is 0.136. The summed E-state index contributed by atoms with van der Waals surface area (Å²) in [4.78, 5) is 24.3. The maximum absolute atomic E-state index is 15.0. The predicted octanol–water partition coefficient (Wildman–Crippen LogP) is 12.1. The SMILES string of the molecule is C=CCCOC(=O)N(Cc1cccc2ccccc12)C1CC(=NOCc2ccccc2)C2=CC(CCCCO)C(CCCCO)C3c4cc(OCCSc5ccccc5)ccc4OC1(OCC=C)C23. The lowest BCUT2D eigenvalue weighted by Crippen LogP contribution is -2.70. The highest BCUT2D eigenvalue weighted by Gasteiger charge is 2.65. The largest absolute Gasteiger partial charge is 0.493 e. The smallest absolute Gasteiger partial charge is 0.410 e. The molecule has 8 rings (SSSR count). The monoisotopic (exact) mass is 950 g/mol. The summed E-state index contributed by atoms with van der Waals surface area (Å²) in [5, 5.41) is 27.2. The Bertz CT molecular complexity index is 2530. The summed E-state index contributed by atoms with van der Waals surface area (Å²) >= 11 is 1.75. The molecule has 5 aromatic rings. The van der Waals surface area contributed by atoms with Crippen molar-refractivity contribution in [2.45, 2.75) is 87.2 Å². The van der Waals surface area contributed by atoms with Crippen LogP contribution in [0.5, 0.6) is 11.5 Å². The molecule has 1 fully saturated rings. The molecule has 0 radical (unpaired) electrons. The van der Waals surface area contributed by atoms with Crippen molar-refractivity contribution in [3.63, 3.8) is 0 Å². The van der Waals surface area contributed by atoms with E-state index in [9.17, 15) is 10.2 Å². The van der Waals surface area contributed by atoms with Gasteiger partial charge in [-0.2, -0.15) is 0 Å². The van der Waals surface area contributed by atoms with Crippen molar-refractivity contribution in [1.82, 2.24) is 4.90 Å². The highest BCUT2D eigenvalue weighted by molar-refractivity contribution is 7.99. The van der Waals surface area contributed by atoms with Crippen molar-refractivity contribution < 1.29 is 38.8 Å². The van der Waals surface area contributed by atoms with E-state index in [4.69, 9.17) is 28.9 Å². The average molecular weight is 951 g/mol. The van der Waals surface area contributed by atoms with Gasteiger partial charge in [0.15, 0.2) is 0 Å². The fraction of sp³-hybridized carbons (Fsp3) is 0.379. The van der Waals surface area contributed by atoms with Crippen LogP contribution < -0.4 is 9.47 Å². The van der Waals surface area contributed by atoms with Gasteiger partial charge in [-0.05, 0) is 102 Å². The summed E-state index contributed by atoms with van der Waals surface area (Å²) in [6.07, 6.45) is 10.7. The topological polar surface area (TPSA) is 119 Å². The van der Waals surface area contributed by atoms with Crippen molar-refractivity contribution in [2.75, 3.05) is 38.8 Å². The molecule has 6 unspecified atom stereocenters. The first kappa shape index (κ1) is 49.6. The summed E-state index contributed by atoms with van der Waals surface area (Å²) in [6, 6.07) is 40.0. The molecule has 362 valence electrons. The van der Waals surface area contributed by atoms with Crippen LogP contribution in [-0.4, -0.2) is 77.5 Å². The number of hydrogen-bond acceptors (Lipinski definition) is 10. The first-order valence-electron chi connectivity index (χ1n) is 24.5. The van der Waals surface area contributed by atoms with Crippen molar-refractivity contribution in [2.24, 2.45) is 22.9 Å². The van der Waals surface area contributed by atoms with Gasteiger partial charge in [-0.25, -0.2) is 4.79 Å². The molecule has 2 aliphatic carbocycles. The third kappa shape index (κ3) is 11.8. The third-order valence-electron chi connectivity index (χ3n) is 13.6. The number of aliphatic hydroxyl groups is 2. The maximum atomic E-state index is 15.0. The number of unbranched alkanes of at least 4 members (excludes halogenated alkanes) is 2. The van der Waals surface area contributed by atoms with Gasteiger partial charge in [0.25, 0.3) is 0 Å². The highest BCUT2D eigenvalue weighted by atomic mass is 32.2. The lowest BCUT2D eigenvalue weighted by molar-refractivity contribution is -0.256. The van der Waals surface area contributed by atoms with Crippen LogP contribution in [0.25, 0.3) is 10.8 Å². The van der Waals surface area contributed by atoms with E-state index in [-0.39, 0.29) is 63.8 Å². The van der Waals surface area contributed by atoms with Crippen LogP contribution in [0.1, 0.15) is 74.0 Å². The van der Waals surface area contributed by atoms with E-state index >= 15 is 4.79 Å². The zero-order chi connectivity index (χ0) is 47.8. The zero-order valence-electron chi connectivity index (χ0n) is 39.5. The summed E-state index contributed by atoms with van der Waals surface area (Å²) in [7, 11) is 0. The Morgan fingerprint density at radius 1 is 0.855 bits per heavy atom. The Labute approximate surface area is 411 Å². The summed E-state index contributed by atoms with van der Waals surface area (Å²) < 4.78 is 27.4. The van der Waals surface area contributed by atoms with Crippen LogP contribution in [0.15, 0.2) is 168 Å². The Hall–Kier alpha value is -5.85. The molecule has 0 aromatic heterocycles. The minimum absolute atomic E-state index is 0.0542. The van der Waals surface area contributed by atoms with E-state index in [1.54, 1.807) is 28.8 Å². The number of rotatable bonds is 25. The molecule has 1 saturated carbocycles. The molecule has 0 saturated heterocycles. The Morgan fingerprint density at radius 2 is 1.61 bits per heavy atom. The lowest BCUT2D eigenvalue weighted by atomic mass is 9.55. The normalized spacial score (nSPS) is 21.9. The fourth-order valence-corrected chi connectivity index (χ4v) is 11.3. The number of fused-ring (bicyclic) bond motifs is 3. The molecule has 3 aliphatic rings. The van der Waals surface area contributed by atoms with E-state index in [1.807, 2.05) is 78.9 Å². The van der Waals surface area contributed by atoms with Gasteiger partial charge in [-0.15, -0.1) is 24.9 Å². The number of thioether (sulfide) groups is 1. The van der Waals surface area contributed by atoms with E-state index in [0.29, 0.717) is 37.3 Å². The Morgan fingerprint density at radius 3 is 2.39 bits per heavy atom. The Balaban J connectivity index is 1.30. The van der Waals surface area contributed by atoms with Gasteiger partial charge >= 0.3 is 6.09 Å². The van der Waals surface area contributed by atoms with Crippen molar-refractivity contribution >= 4 is 34.3 Å². The van der Waals surface area contributed by atoms with E-state index in [0.717, 1.165) is 70.2 Å². The first-order chi connectivity index (χ1) is 34.0. The number of amides is 1. The third-order valence-corrected chi connectivity index (χ3v) is 14.6. The zero-order valence-corrected chi connectivity index (χ0v) is 40.4. The van der Waals surface area contributed by atoms with Gasteiger partial charge in [0, 0.05) is 41.8 Å². The maximum Gasteiger partial charge on any atom is 0.410 e. The van der Waals surface area contributed by atoms with E-state index in [2.05, 4.69) is 61.7 Å². The lowest BCUT2D eigenvalue weighted by Gasteiger charge is -2.60. The molecule has 0 spiro atoms. The first-order valence-corrected chi connectivity index (χ1v) is 25.5. The second-order valence-corrected chi connectivity index (χ2v) is 19.2. The molecular weight excluding hydrogens is 885 g/mol. The summed E-state index contributed by atoms with van der Waals surface area (Å²) in [5.41, 5.74) is 4.60. The standard InChI is InChI=1S/C58H66N2O8S/c1-3-5-34-65-57(63)60(40-45-24-18-23-43-21-12-13-27-48(43)45)54-39-52(59-67-41-42-19-8-6-9-20-42)50-37-44(22-14-16-31-61)49(28-15-17-32-62)55-51-38-46(64-35-36-69-47-25-10-7-11-26-47)29-30-53(51)68-58(54,56(50)55)66-33-4-2/h3-4,6-13,18-21,23-27,29-30,37-38,44,49,54-56,61-62H,1-2,5,14-17,22,28,31-36,39-41H2. The van der Waals surface area contributed by atoms with Gasteiger partial charge in [-0.3, -0.25) is 4.90 Å². The molecular formula is C58H66N2O8S. The molecule has 5 aromatic carbocycles. The Kier molecular flexibility index (Phi) is 17.7. The fourth-order valence-electron chi connectivity index (χ4n) is 10.6. The number of carbonyl (C=O) groups is 1. The second-order valence-electron chi connectivity index (χ2n) is 18.0. The molecule has 6 atom stereocenters. The molecule has 10 nitrogen and oxygen atoms in total. The minimum Gasteiger partial charge on any atom is -0.493 e. The number of carbonyl (C=O) groups excluding carboxylic acids is 1. The number of benzene rings is 5. The van der Waals surface area contributed by atoms with E-state index < -0.39 is 23.8 Å². The van der Waals surface area contributed by atoms with E-state index in [1.165, 1.54) is 4.90 Å². The van der Waals surface area contributed by atoms with Crippen LogP contribution >= 0.6 is 11.8 Å². The van der Waals surface area contributed by atoms with Crippen LogP contribution in [0.3, 0.4) is 0 Å². The van der Waals surface area contributed by atoms with Crippen molar-refractivity contribution in [3.05, 3.63) is 175 Å². The number of oxime groups is 1. The molecule has 2 N–H and O–H groups in total. The van der Waals surface area contributed by atoms with Gasteiger partial charge in [0.1, 0.15) is 24.1 Å². The van der Waals surface area contributed by atoms with Gasteiger partial charge < -0.3 is 34.0 Å². The van der Waals surface area contributed by atoms with Crippen LogP contribution in [0, 0.1) is 17.8 Å². The van der Waals surface area contributed by atoms with Gasteiger partial charge in [-0.1, -0.05) is 127 Å². The summed E-state index contributed by atoms with van der Waals surface area (Å²) in [6.45, 7) is 9.44. The molecule has 1 amide bonds.